The summed E-state index contributed by atoms with van der Waals surface area (Å²) in [6.45, 7) is 2.52. The zero-order chi connectivity index (χ0) is 19.2. The number of carbonyl (C=O) groups is 2. The minimum Gasteiger partial charge on any atom is -0.494 e. The van der Waals surface area contributed by atoms with Crippen LogP contribution in [0.3, 0.4) is 0 Å². The highest BCUT2D eigenvalue weighted by Crippen LogP contribution is 2.26. The van der Waals surface area contributed by atoms with E-state index in [1.807, 2.05) is 31.2 Å². The molecule has 2 amide bonds. The van der Waals surface area contributed by atoms with E-state index in [1.165, 1.54) is 11.8 Å². The Bertz CT molecular complexity index is 854. The second-order valence-corrected chi connectivity index (χ2v) is 7.33. The van der Waals surface area contributed by atoms with Gasteiger partial charge in [-0.2, -0.15) is 0 Å². The molecule has 1 aliphatic heterocycles. The van der Waals surface area contributed by atoms with Gasteiger partial charge in [-0.05, 0) is 55.5 Å². The minimum absolute atomic E-state index is 0.0570. The van der Waals surface area contributed by atoms with Gasteiger partial charge < -0.3 is 15.4 Å². The fraction of sp³-hybridized carbons (Fsp3) is 0.211. The predicted octanol–water partition coefficient (Wildman–Crippen LogP) is 3.99. The minimum atomic E-state index is -0.515. The number of ether oxygens (including phenoxy) is 1. The molecule has 1 aliphatic rings. The van der Waals surface area contributed by atoms with Crippen molar-refractivity contribution in [2.75, 3.05) is 11.9 Å². The van der Waals surface area contributed by atoms with Crippen molar-refractivity contribution in [3.63, 3.8) is 0 Å². The number of aliphatic imine (C=N–C) groups is 1. The highest BCUT2D eigenvalue weighted by atomic mass is 35.5. The molecule has 1 atom stereocenters. The van der Waals surface area contributed by atoms with Crippen LogP contribution in [0.5, 0.6) is 5.75 Å². The molecule has 6 nitrogen and oxygen atoms in total. The molecule has 2 aromatic rings. The summed E-state index contributed by atoms with van der Waals surface area (Å²) in [5.41, 5.74) is 1.34. The number of hydrogen-bond acceptors (Lipinski definition) is 5. The smallest absolute Gasteiger partial charge is 0.240 e. The summed E-state index contributed by atoms with van der Waals surface area (Å²) in [6.07, 6.45) is 0.0570. The Morgan fingerprint density at radius 1 is 1.22 bits per heavy atom. The van der Waals surface area contributed by atoms with E-state index in [9.17, 15) is 9.59 Å². The van der Waals surface area contributed by atoms with Crippen molar-refractivity contribution >= 4 is 51.7 Å². The van der Waals surface area contributed by atoms with Crippen LogP contribution in [0.4, 0.5) is 11.4 Å². The molecule has 0 radical (unpaired) electrons. The second kappa shape index (κ2) is 8.92. The summed E-state index contributed by atoms with van der Waals surface area (Å²) in [5, 5.41) is 6.03. The first-order valence-corrected chi connectivity index (χ1v) is 9.64. The summed E-state index contributed by atoms with van der Waals surface area (Å²) >= 11 is 7.07. The van der Waals surface area contributed by atoms with Gasteiger partial charge >= 0.3 is 0 Å². The van der Waals surface area contributed by atoms with E-state index in [2.05, 4.69) is 15.6 Å². The van der Waals surface area contributed by atoms with Crippen LogP contribution in [-0.2, 0) is 9.59 Å². The molecule has 0 aliphatic carbocycles. The summed E-state index contributed by atoms with van der Waals surface area (Å²) in [7, 11) is 0. The molecule has 0 saturated carbocycles. The number of amidine groups is 1. The van der Waals surface area contributed by atoms with E-state index < -0.39 is 5.25 Å². The second-order valence-electron chi connectivity index (χ2n) is 5.70. The van der Waals surface area contributed by atoms with E-state index in [1.54, 1.807) is 24.3 Å². The maximum atomic E-state index is 12.2. The van der Waals surface area contributed by atoms with Crippen LogP contribution in [0.15, 0.2) is 53.5 Å². The maximum absolute atomic E-state index is 12.2. The molecule has 1 unspecified atom stereocenters. The quantitative estimate of drug-likeness (QED) is 0.764. The number of rotatable bonds is 6. The Morgan fingerprint density at radius 3 is 2.59 bits per heavy atom. The van der Waals surface area contributed by atoms with Gasteiger partial charge in [-0.15, -0.1) is 0 Å². The summed E-state index contributed by atoms with van der Waals surface area (Å²) in [4.78, 5) is 28.7. The number of halogens is 1. The number of carbonyl (C=O) groups excluding carboxylic acids is 2. The van der Waals surface area contributed by atoms with Crippen LogP contribution in [0.2, 0.25) is 5.02 Å². The first-order valence-electron chi connectivity index (χ1n) is 8.38. The molecule has 1 saturated heterocycles. The van der Waals surface area contributed by atoms with Crippen molar-refractivity contribution in [1.29, 1.82) is 0 Å². The zero-order valence-corrected chi connectivity index (χ0v) is 16.1. The molecule has 8 heteroatoms. The standard InChI is InChI=1S/C19H18ClN3O3S/c1-2-26-15-9-7-14(8-10-15)22-19-23-18(25)16(27-19)11-17(24)21-13-5-3-12(20)4-6-13/h3-10,16H,2,11H2,1H3,(H,21,24)(H,22,23,25). The lowest BCUT2D eigenvalue weighted by Gasteiger charge is -2.07. The SMILES string of the molecule is CCOc1ccc(N=C2NC(=O)C(CC(=O)Nc3ccc(Cl)cc3)S2)cc1. The number of nitrogens with zero attached hydrogens (tertiary/aromatic N) is 1. The van der Waals surface area contributed by atoms with Crippen molar-refractivity contribution in [3.05, 3.63) is 53.6 Å². The first kappa shape index (κ1) is 19.3. The van der Waals surface area contributed by atoms with E-state index >= 15 is 0 Å². The van der Waals surface area contributed by atoms with Gasteiger partial charge in [0, 0.05) is 17.1 Å². The topological polar surface area (TPSA) is 79.8 Å². The van der Waals surface area contributed by atoms with E-state index in [-0.39, 0.29) is 18.2 Å². The van der Waals surface area contributed by atoms with Crippen LogP contribution < -0.4 is 15.4 Å². The average molecular weight is 404 g/mol. The number of hydrogen-bond donors (Lipinski definition) is 2. The van der Waals surface area contributed by atoms with E-state index in [0.29, 0.717) is 28.2 Å². The third kappa shape index (κ3) is 5.48. The molecule has 0 aromatic heterocycles. The van der Waals surface area contributed by atoms with Gasteiger partial charge in [0.15, 0.2) is 5.17 Å². The average Bonchev–Trinajstić information content (AvgIpc) is 2.98. The summed E-state index contributed by atoms with van der Waals surface area (Å²) in [5.74, 6) is 0.296. The van der Waals surface area contributed by atoms with Gasteiger partial charge in [0.1, 0.15) is 11.0 Å². The predicted molar refractivity (Wildman–Crippen MR) is 109 cm³/mol. The Balaban J connectivity index is 1.57. The Kier molecular flexibility index (Phi) is 6.36. The molecule has 27 heavy (non-hydrogen) atoms. The first-order chi connectivity index (χ1) is 13.0. The number of anilines is 1. The Hall–Kier alpha value is -2.51. The van der Waals surface area contributed by atoms with Crippen LogP contribution in [-0.4, -0.2) is 28.8 Å². The van der Waals surface area contributed by atoms with Gasteiger partial charge in [-0.25, -0.2) is 4.99 Å². The van der Waals surface area contributed by atoms with Crippen LogP contribution in [0.1, 0.15) is 13.3 Å². The maximum Gasteiger partial charge on any atom is 0.240 e. The van der Waals surface area contributed by atoms with Gasteiger partial charge in [0.2, 0.25) is 11.8 Å². The molecule has 3 rings (SSSR count). The lowest BCUT2D eigenvalue weighted by molar-refractivity contribution is -0.122. The molecule has 140 valence electrons. The lowest BCUT2D eigenvalue weighted by atomic mass is 10.2. The molecular weight excluding hydrogens is 386 g/mol. The van der Waals surface area contributed by atoms with Crippen LogP contribution >= 0.6 is 23.4 Å². The Morgan fingerprint density at radius 2 is 1.93 bits per heavy atom. The van der Waals surface area contributed by atoms with Gasteiger partial charge in [-0.1, -0.05) is 23.4 Å². The largest absolute Gasteiger partial charge is 0.494 e. The molecular formula is C19H18ClN3O3S. The van der Waals surface area contributed by atoms with Gasteiger partial charge in [0.05, 0.1) is 12.3 Å². The molecule has 2 aromatic carbocycles. The third-order valence-corrected chi connectivity index (χ3v) is 4.99. The van der Waals surface area contributed by atoms with Crippen molar-refractivity contribution in [1.82, 2.24) is 5.32 Å². The fourth-order valence-electron chi connectivity index (χ4n) is 2.41. The van der Waals surface area contributed by atoms with Crippen molar-refractivity contribution in [2.24, 2.45) is 4.99 Å². The van der Waals surface area contributed by atoms with Gasteiger partial charge in [-0.3, -0.25) is 9.59 Å². The monoisotopic (exact) mass is 403 g/mol. The summed E-state index contributed by atoms with van der Waals surface area (Å²) < 4.78 is 5.39. The van der Waals surface area contributed by atoms with E-state index in [0.717, 1.165) is 5.75 Å². The number of amides is 2. The van der Waals surface area contributed by atoms with Crippen LogP contribution in [0.25, 0.3) is 0 Å². The molecule has 0 spiro atoms. The molecule has 0 bridgehead atoms. The fourth-order valence-corrected chi connectivity index (χ4v) is 3.52. The van der Waals surface area contributed by atoms with Crippen molar-refractivity contribution in [2.45, 2.75) is 18.6 Å². The third-order valence-electron chi connectivity index (χ3n) is 3.65. The highest BCUT2D eigenvalue weighted by Gasteiger charge is 2.32. The number of nitrogens with one attached hydrogen (secondary N) is 2. The van der Waals surface area contributed by atoms with Crippen LogP contribution in [0, 0.1) is 0 Å². The summed E-state index contributed by atoms with van der Waals surface area (Å²) in [6, 6.07) is 14.1. The zero-order valence-electron chi connectivity index (χ0n) is 14.6. The van der Waals surface area contributed by atoms with Gasteiger partial charge in [0.25, 0.3) is 0 Å². The number of benzene rings is 2. The van der Waals surface area contributed by atoms with E-state index in [4.69, 9.17) is 16.3 Å². The molecule has 1 heterocycles. The highest BCUT2D eigenvalue weighted by molar-refractivity contribution is 8.15. The van der Waals surface area contributed by atoms with Crippen molar-refractivity contribution < 1.29 is 14.3 Å². The molecule has 1 fully saturated rings. The normalized spacial score (nSPS) is 17.6. The molecule has 2 N–H and O–H groups in total. The van der Waals surface area contributed by atoms with Crippen molar-refractivity contribution in [3.8, 4) is 5.75 Å². The Labute approximate surface area is 166 Å². The number of thioether (sulfide) groups is 1. The lowest BCUT2D eigenvalue weighted by Crippen LogP contribution is -2.28.